The van der Waals surface area contributed by atoms with E-state index in [1.807, 2.05) is 54.6 Å². The topological polar surface area (TPSA) is 29.5 Å². The zero-order valence-corrected chi connectivity index (χ0v) is 14.2. The Hall–Kier alpha value is -2.64. The molecule has 0 saturated carbocycles. The van der Waals surface area contributed by atoms with E-state index in [2.05, 4.69) is 30.3 Å². The number of hydrogen-bond donors (Lipinski definition) is 0. The van der Waals surface area contributed by atoms with Gasteiger partial charge in [0.1, 0.15) is 10.6 Å². The molecular weight excluding hydrogens is 317 g/mol. The van der Waals surface area contributed by atoms with Crippen LogP contribution in [0.25, 0.3) is 0 Å². The molecule has 0 fully saturated rings. The number of carbonyl (C=O) groups is 1. The fourth-order valence-electron chi connectivity index (χ4n) is 3.15. The van der Waals surface area contributed by atoms with Gasteiger partial charge in [0.25, 0.3) is 7.49 Å². The second kappa shape index (κ2) is 5.77. The third kappa shape index (κ3) is 2.13. The molecule has 24 heavy (non-hydrogen) atoms. The van der Waals surface area contributed by atoms with Crippen LogP contribution in [0.15, 0.2) is 84.9 Å². The average Bonchev–Trinajstić information content (AvgIpc) is 2.66. The van der Waals surface area contributed by atoms with Crippen molar-refractivity contribution in [2.75, 3.05) is 11.9 Å². The quantitative estimate of drug-likeness (QED) is 0.672. The third-order valence-electron chi connectivity index (χ3n) is 4.31. The van der Waals surface area contributed by atoms with Crippen molar-refractivity contribution in [3.05, 3.63) is 84.9 Å². The number of hydrogen-bond acceptors (Lipinski definition) is 2. The van der Waals surface area contributed by atoms with Gasteiger partial charge < -0.3 is 0 Å². The molecule has 1 amide bonds. The van der Waals surface area contributed by atoms with Gasteiger partial charge in [0.05, 0.1) is 5.69 Å². The van der Waals surface area contributed by atoms with E-state index in [1.54, 1.807) is 11.9 Å². The van der Waals surface area contributed by atoms with Crippen LogP contribution in [0.4, 0.5) is 10.5 Å². The Bertz CT molecular complexity index is 841. The first-order valence-corrected chi connectivity index (χ1v) is 9.51. The second-order valence-electron chi connectivity index (χ2n) is 5.69. The Morgan fingerprint density at radius 2 is 1.25 bits per heavy atom. The van der Waals surface area contributed by atoms with E-state index in [4.69, 9.17) is 4.52 Å². The second-order valence-corrected chi connectivity index (χ2v) is 8.60. The van der Waals surface area contributed by atoms with Crippen LogP contribution in [0.1, 0.15) is 0 Å². The summed E-state index contributed by atoms with van der Waals surface area (Å²) >= 11 is 0. The summed E-state index contributed by atoms with van der Waals surface area (Å²) in [6.07, 6.45) is -0.310. The van der Waals surface area contributed by atoms with E-state index >= 15 is 0 Å². The third-order valence-corrected chi connectivity index (χ3v) is 7.85. The van der Waals surface area contributed by atoms with Gasteiger partial charge in [0.15, 0.2) is 5.30 Å². The lowest BCUT2D eigenvalue weighted by molar-refractivity contribution is 0.213. The van der Waals surface area contributed by atoms with Crippen molar-refractivity contribution in [3.63, 3.8) is 0 Å². The Kier molecular flexibility index (Phi) is 3.59. The molecule has 0 aromatic heterocycles. The monoisotopic (exact) mass is 334 g/mol. The SMILES string of the molecule is CN1C(=O)O[P+](c2ccccc2)(c2ccccc2)c2ccccc21. The van der Waals surface area contributed by atoms with Gasteiger partial charge >= 0.3 is 6.09 Å². The van der Waals surface area contributed by atoms with Gasteiger partial charge in [-0.05, 0) is 36.4 Å². The van der Waals surface area contributed by atoms with E-state index in [9.17, 15) is 4.79 Å². The Morgan fingerprint density at radius 1 is 0.750 bits per heavy atom. The van der Waals surface area contributed by atoms with E-state index in [-0.39, 0.29) is 6.09 Å². The predicted octanol–water partition coefficient (Wildman–Crippen LogP) is 3.48. The standard InChI is InChI=1S/C20H17NO2P/c1-21-18-14-8-9-15-19(18)24(23-20(21)22,16-10-4-2-5-11-16)17-12-6-3-7-13-17/h2-15H,1H3/q+1. The van der Waals surface area contributed by atoms with Crippen LogP contribution in [0.2, 0.25) is 0 Å². The molecule has 0 spiro atoms. The molecule has 4 rings (SSSR count). The minimum atomic E-state index is -2.47. The maximum Gasteiger partial charge on any atom is 0.453 e. The van der Waals surface area contributed by atoms with Crippen LogP contribution < -0.4 is 20.8 Å². The van der Waals surface area contributed by atoms with Gasteiger partial charge in [-0.3, -0.25) is 9.42 Å². The first-order chi connectivity index (χ1) is 11.7. The number of carbonyl (C=O) groups excluding carboxylic acids is 1. The molecule has 3 aromatic rings. The van der Waals surface area contributed by atoms with E-state index in [1.165, 1.54) is 0 Å². The van der Waals surface area contributed by atoms with Crippen molar-refractivity contribution >= 4 is 35.2 Å². The van der Waals surface area contributed by atoms with Crippen molar-refractivity contribution in [2.45, 2.75) is 0 Å². The lowest BCUT2D eigenvalue weighted by Gasteiger charge is -2.33. The van der Waals surface area contributed by atoms with Crippen molar-refractivity contribution in [1.29, 1.82) is 0 Å². The molecule has 0 bridgehead atoms. The maximum atomic E-state index is 12.7. The number of nitrogens with zero attached hydrogens (tertiary/aromatic N) is 1. The van der Waals surface area contributed by atoms with Crippen molar-refractivity contribution in [3.8, 4) is 0 Å². The number of anilines is 1. The minimum absolute atomic E-state index is 0.310. The molecule has 0 N–H and O–H groups in total. The Balaban J connectivity index is 2.09. The van der Waals surface area contributed by atoms with Crippen LogP contribution in [0.3, 0.4) is 0 Å². The van der Waals surface area contributed by atoms with Crippen LogP contribution in [-0.2, 0) is 4.52 Å². The first-order valence-electron chi connectivity index (χ1n) is 7.80. The number of fused-ring (bicyclic) bond motifs is 1. The highest BCUT2D eigenvalue weighted by Gasteiger charge is 2.56. The summed E-state index contributed by atoms with van der Waals surface area (Å²) < 4.78 is 6.18. The van der Waals surface area contributed by atoms with Crippen molar-refractivity contribution in [1.82, 2.24) is 0 Å². The van der Waals surface area contributed by atoms with Gasteiger partial charge in [-0.15, -0.1) is 0 Å². The zero-order valence-electron chi connectivity index (χ0n) is 13.3. The Morgan fingerprint density at radius 3 is 1.83 bits per heavy atom. The fraction of sp³-hybridized carbons (Fsp3) is 0.0500. The molecule has 0 radical (unpaired) electrons. The largest absolute Gasteiger partial charge is 0.453 e. The highest BCUT2D eigenvalue weighted by molar-refractivity contribution is 7.92. The molecular formula is C20H17NO2P+. The summed E-state index contributed by atoms with van der Waals surface area (Å²) in [5.74, 6) is 0. The van der Waals surface area contributed by atoms with Crippen LogP contribution in [0, 0.1) is 0 Å². The summed E-state index contributed by atoms with van der Waals surface area (Å²) in [5, 5.41) is 3.17. The number of benzene rings is 3. The first kappa shape index (κ1) is 14.9. The normalized spacial score (nSPS) is 15.5. The van der Waals surface area contributed by atoms with E-state index < -0.39 is 7.49 Å². The zero-order chi connectivity index (χ0) is 16.6. The fourth-order valence-corrected chi connectivity index (χ4v) is 6.70. The van der Waals surface area contributed by atoms with Gasteiger partial charge in [-0.1, -0.05) is 48.5 Å². The highest BCUT2D eigenvalue weighted by atomic mass is 31.2. The molecule has 1 heterocycles. The smallest absolute Gasteiger partial charge is 0.274 e. The summed E-state index contributed by atoms with van der Waals surface area (Å²) in [6.45, 7) is 0. The minimum Gasteiger partial charge on any atom is -0.274 e. The average molecular weight is 334 g/mol. The number of amides is 1. The summed E-state index contributed by atoms with van der Waals surface area (Å²) in [5.41, 5.74) is 0.912. The van der Waals surface area contributed by atoms with Crippen LogP contribution in [-0.4, -0.2) is 13.1 Å². The van der Waals surface area contributed by atoms with Crippen LogP contribution in [0.5, 0.6) is 0 Å². The predicted molar refractivity (Wildman–Crippen MR) is 100 cm³/mol. The molecule has 1 aliphatic rings. The van der Waals surface area contributed by atoms with Crippen LogP contribution >= 0.6 is 7.49 Å². The van der Waals surface area contributed by atoms with Gasteiger partial charge in [0.2, 0.25) is 0 Å². The van der Waals surface area contributed by atoms with Crippen molar-refractivity contribution < 1.29 is 9.32 Å². The van der Waals surface area contributed by atoms with Gasteiger partial charge in [-0.2, -0.15) is 0 Å². The molecule has 0 saturated heterocycles. The number of rotatable bonds is 2. The molecule has 118 valence electrons. The molecule has 0 atom stereocenters. The molecule has 3 aromatic carbocycles. The lowest BCUT2D eigenvalue weighted by Crippen LogP contribution is -2.45. The molecule has 1 aliphatic heterocycles. The van der Waals surface area contributed by atoms with E-state index in [0.717, 1.165) is 21.6 Å². The maximum absolute atomic E-state index is 12.7. The van der Waals surface area contributed by atoms with Crippen molar-refractivity contribution in [2.24, 2.45) is 0 Å². The Labute approximate surface area is 141 Å². The molecule has 3 nitrogen and oxygen atoms in total. The lowest BCUT2D eigenvalue weighted by atomic mass is 10.3. The van der Waals surface area contributed by atoms with E-state index in [0.29, 0.717) is 0 Å². The number of para-hydroxylation sites is 1. The summed E-state index contributed by atoms with van der Waals surface area (Å²) in [4.78, 5) is 14.2. The van der Waals surface area contributed by atoms with Gasteiger partial charge in [0, 0.05) is 7.05 Å². The molecule has 4 heteroatoms. The summed E-state index contributed by atoms with van der Waals surface area (Å²) in [6, 6.07) is 28.2. The molecule has 0 unspecified atom stereocenters. The summed E-state index contributed by atoms with van der Waals surface area (Å²) in [7, 11) is -0.715. The molecule has 0 aliphatic carbocycles. The highest BCUT2D eigenvalue weighted by Crippen LogP contribution is 2.60. The van der Waals surface area contributed by atoms with Gasteiger partial charge in [-0.25, -0.2) is 4.79 Å².